The molecule has 1 unspecified atom stereocenters. The van der Waals surface area contributed by atoms with Crippen LogP contribution in [0.15, 0.2) is 18.2 Å². The molecular weight excluding hydrogens is 263 g/mol. The van der Waals surface area contributed by atoms with Crippen molar-refractivity contribution in [1.29, 1.82) is 5.26 Å². The number of ether oxygens (including phenoxy) is 2. The van der Waals surface area contributed by atoms with Gasteiger partial charge in [-0.2, -0.15) is 18.4 Å². The Morgan fingerprint density at radius 2 is 2.16 bits per heavy atom. The number of nitriles is 1. The third-order valence-corrected chi connectivity index (χ3v) is 2.58. The summed E-state index contributed by atoms with van der Waals surface area (Å²) >= 11 is 0. The number of cyclic esters (lactones) is 1. The molecule has 1 saturated heterocycles. The van der Waals surface area contributed by atoms with Crippen molar-refractivity contribution in [2.45, 2.75) is 18.7 Å². The molecule has 7 heteroatoms. The molecule has 19 heavy (non-hydrogen) atoms. The lowest BCUT2D eigenvalue weighted by molar-refractivity contribution is -0.143. The number of hydrogen-bond donors (Lipinski definition) is 0. The van der Waals surface area contributed by atoms with Gasteiger partial charge >= 0.3 is 12.1 Å². The maximum Gasteiger partial charge on any atom is 0.417 e. The summed E-state index contributed by atoms with van der Waals surface area (Å²) in [5.41, 5.74) is -1.58. The van der Waals surface area contributed by atoms with Gasteiger partial charge in [-0.25, -0.2) is 4.79 Å². The van der Waals surface area contributed by atoms with E-state index in [9.17, 15) is 18.0 Å². The van der Waals surface area contributed by atoms with Crippen LogP contribution in [0.3, 0.4) is 0 Å². The monoisotopic (exact) mass is 271 g/mol. The molecule has 0 aliphatic carbocycles. The Kier molecular flexibility index (Phi) is 3.34. The van der Waals surface area contributed by atoms with E-state index in [0.29, 0.717) is 12.5 Å². The van der Waals surface area contributed by atoms with Crippen LogP contribution in [0.4, 0.5) is 13.2 Å². The lowest BCUT2D eigenvalue weighted by atomic mass is 10.1. The minimum absolute atomic E-state index is 0.116. The van der Waals surface area contributed by atoms with Crippen LogP contribution in [0.5, 0.6) is 5.75 Å². The molecule has 1 aromatic rings. The lowest BCUT2D eigenvalue weighted by Crippen LogP contribution is -2.22. The van der Waals surface area contributed by atoms with Crippen molar-refractivity contribution in [3.63, 3.8) is 0 Å². The molecule has 0 spiro atoms. The van der Waals surface area contributed by atoms with E-state index in [1.807, 2.05) is 0 Å². The van der Waals surface area contributed by atoms with Crippen LogP contribution in [-0.4, -0.2) is 18.7 Å². The Morgan fingerprint density at radius 1 is 1.42 bits per heavy atom. The molecule has 1 fully saturated rings. The van der Waals surface area contributed by atoms with E-state index in [4.69, 9.17) is 10.00 Å². The van der Waals surface area contributed by atoms with Gasteiger partial charge < -0.3 is 9.47 Å². The van der Waals surface area contributed by atoms with E-state index in [1.54, 1.807) is 0 Å². The van der Waals surface area contributed by atoms with Crippen LogP contribution in [0, 0.1) is 11.3 Å². The number of rotatable bonds is 2. The molecule has 1 aliphatic heterocycles. The number of benzene rings is 1. The number of esters is 1. The van der Waals surface area contributed by atoms with Crippen molar-refractivity contribution in [1.82, 2.24) is 0 Å². The van der Waals surface area contributed by atoms with E-state index < -0.39 is 29.4 Å². The first kappa shape index (κ1) is 13.2. The van der Waals surface area contributed by atoms with E-state index >= 15 is 0 Å². The second-order valence-electron chi connectivity index (χ2n) is 3.88. The molecule has 1 aliphatic rings. The van der Waals surface area contributed by atoms with Gasteiger partial charge in [0.2, 0.25) is 0 Å². The van der Waals surface area contributed by atoms with Gasteiger partial charge in [0, 0.05) is 6.42 Å². The zero-order valence-electron chi connectivity index (χ0n) is 9.53. The molecule has 1 atom stereocenters. The number of carbonyl (C=O) groups is 1. The van der Waals surface area contributed by atoms with Crippen LogP contribution in [0.25, 0.3) is 0 Å². The lowest BCUT2D eigenvalue weighted by Gasteiger charge is -2.13. The topological polar surface area (TPSA) is 59.3 Å². The zero-order chi connectivity index (χ0) is 14.0. The fourth-order valence-electron chi connectivity index (χ4n) is 1.68. The summed E-state index contributed by atoms with van der Waals surface area (Å²) in [4.78, 5) is 11.2. The van der Waals surface area contributed by atoms with E-state index in [0.717, 1.165) is 6.07 Å². The molecule has 0 aromatic heterocycles. The Labute approximate surface area is 106 Å². The second-order valence-corrected chi connectivity index (χ2v) is 3.88. The third kappa shape index (κ3) is 2.78. The molecule has 0 bridgehead atoms. The van der Waals surface area contributed by atoms with Crippen molar-refractivity contribution in [3.8, 4) is 11.8 Å². The van der Waals surface area contributed by atoms with E-state index in [1.165, 1.54) is 12.1 Å². The van der Waals surface area contributed by atoms with Gasteiger partial charge in [-0.05, 0) is 18.2 Å². The summed E-state index contributed by atoms with van der Waals surface area (Å²) in [5.74, 6) is -0.715. The smallest absolute Gasteiger partial charge is 0.417 e. The quantitative estimate of drug-likeness (QED) is 0.774. The SMILES string of the molecule is N#Cc1ccc(OC2CCOC2=O)cc1C(F)(F)F. The summed E-state index contributed by atoms with van der Waals surface area (Å²) in [6.45, 7) is 0.186. The van der Waals surface area contributed by atoms with Gasteiger partial charge in [0.25, 0.3) is 0 Å². The highest BCUT2D eigenvalue weighted by molar-refractivity contribution is 5.76. The van der Waals surface area contributed by atoms with Crippen LogP contribution < -0.4 is 4.74 Å². The summed E-state index contributed by atoms with van der Waals surface area (Å²) < 4.78 is 47.9. The summed E-state index contributed by atoms with van der Waals surface area (Å²) in [6, 6.07) is 4.41. The van der Waals surface area contributed by atoms with Crippen molar-refractivity contribution < 1.29 is 27.4 Å². The Morgan fingerprint density at radius 3 is 2.68 bits per heavy atom. The minimum Gasteiger partial charge on any atom is -0.479 e. The number of carbonyl (C=O) groups excluding carboxylic acids is 1. The predicted molar refractivity (Wildman–Crippen MR) is 56.2 cm³/mol. The Bertz CT molecular complexity index is 548. The fraction of sp³-hybridized carbons (Fsp3) is 0.333. The zero-order valence-corrected chi connectivity index (χ0v) is 9.53. The van der Waals surface area contributed by atoms with Crippen molar-refractivity contribution >= 4 is 5.97 Å². The van der Waals surface area contributed by atoms with Gasteiger partial charge in [-0.3, -0.25) is 0 Å². The molecule has 1 heterocycles. The van der Waals surface area contributed by atoms with E-state index in [-0.39, 0.29) is 12.4 Å². The molecule has 0 N–H and O–H groups in total. The normalized spacial score (nSPS) is 18.8. The second kappa shape index (κ2) is 4.80. The molecular formula is C12H8F3NO3. The molecule has 100 valence electrons. The van der Waals surface area contributed by atoms with Crippen molar-refractivity contribution in [3.05, 3.63) is 29.3 Å². The van der Waals surface area contributed by atoms with Gasteiger partial charge in [0.15, 0.2) is 6.10 Å². The summed E-state index contributed by atoms with van der Waals surface area (Å²) in [7, 11) is 0. The minimum atomic E-state index is -4.65. The van der Waals surface area contributed by atoms with Crippen molar-refractivity contribution in [2.75, 3.05) is 6.61 Å². The fourth-order valence-corrected chi connectivity index (χ4v) is 1.68. The van der Waals surface area contributed by atoms with Crippen LogP contribution in [0.1, 0.15) is 17.5 Å². The molecule has 0 saturated carbocycles. The van der Waals surface area contributed by atoms with Crippen molar-refractivity contribution in [2.24, 2.45) is 0 Å². The maximum absolute atomic E-state index is 12.7. The van der Waals surface area contributed by atoms with Gasteiger partial charge in [-0.1, -0.05) is 0 Å². The van der Waals surface area contributed by atoms with Crippen LogP contribution in [-0.2, 0) is 15.7 Å². The molecule has 2 rings (SSSR count). The van der Waals surface area contributed by atoms with E-state index in [2.05, 4.69) is 4.74 Å². The highest BCUT2D eigenvalue weighted by atomic mass is 19.4. The number of nitrogens with zero attached hydrogens (tertiary/aromatic N) is 1. The highest BCUT2D eigenvalue weighted by Crippen LogP contribution is 2.34. The maximum atomic E-state index is 12.7. The first-order chi connectivity index (χ1) is 8.91. The van der Waals surface area contributed by atoms with Gasteiger partial charge in [-0.15, -0.1) is 0 Å². The van der Waals surface area contributed by atoms with Gasteiger partial charge in [0.05, 0.1) is 23.8 Å². The first-order valence-electron chi connectivity index (χ1n) is 5.36. The summed E-state index contributed by atoms with van der Waals surface area (Å²) in [6.07, 6.45) is -5.25. The number of hydrogen-bond acceptors (Lipinski definition) is 4. The number of alkyl halides is 3. The molecule has 0 radical (unpaired) electrons. The average Bonchev–Trinajstić information content (AvgIpc) is 2.74. The Hall–Kier alpha value is -2.23. The molecule has 4 nitrogen and oxygen atoms in total. The largest absolute Gasteiger partial charge is 0.479 e. The van der Waals surface area contributed by atoms with Crippen LogP contribution in [0.2, 0.25) is 0 Å². The Balaban J connectivity index is 2.28. The first-order valence-corrected chi connectivity index (χ1v) is 5.36. The standard InChI is InChI=1S/C12H8F3NO3/c13-12(14,15)9-5-8(2-1-7(9)6-16)19-10-3-4-18-11(10)17/h1-2,5,10H,3-4H2. The highest BCUT2D eigenvalue weighted by Gasteiger charge is 2.35. The number of halogens is 3. The molecule has 1 aromatic carbocycles. The average molecular weight is 271 g/mol. The molecule has 0 amide bonds. The predicted octanol–water partition coefficient (Wildman–Crippen LogP) is 2.27. The van der Waals surface area contributed by atoms with Crippen LogP contribution >= 0.6 is 0 Å². The third-order valence-electron chi connectivity index (χ3n) is 2.58. The van der Waals surface area contributed by atoms with Gasteiger partial charge in [0.1, 0.15) is 5.75 Å². The summed E-state index contributed by atoms with van der Waals surface area (Å²) in [5, 5.41) is 8.63.